The third kappa shape index (κ3) is 2.39. The number of aryl methyl sites for hydroxylation is 1. The zero-order valence-corrected chi connectivity index (χ0v) is 9.79. The van der Waals surface area contributed by atoms with Crippen LogP contribution in [0.3, 0.4) is 0 Å². The maximum atomic E-state index is 4.32. The van der Waals surface area contributed by atoms with Crippen molar-refractivity contribution in [1.82, 2.24) is 9.78 Å². The van der Waals surface area contributed by atoms with Gasteiger partial charge in [-0.05, 0) is 17.9 Å². The maximum absolute atomic E-state index is 4.32. The van der Waals surface area contributed by atoms with Gasteiger partial charge in [0.2, 0.25) is 0 Å². The Labute approximate surface area is 93.7 Å². The summed E-state index contributed by atoms with van der Waals surface area (Å²) in [5.41, 5.74) is 0. The minimum atomic E-state index is 0.375. The van der Waals surface area contributed by atoms with Gasteiger partial charge >= 0.3 is 0 Å². The lowest BCUT2D eigenvalue weighted by molar-refractivity contribution is 0.733. The van der Waals surface area contributed by atoms with Crippen molar-refractivity contribution in [3.8, 4) is 0 Å². The molecule has 0 radical (unpaired) electrons. The molecule has 0 aliphatic heterocycles. The van der Waals surface area contributed by atoms with E-state index in [9.17, 15) is 0 Å². The predicted octanol–water partition coefficient (Wildman–Crippen LogP) is 3.04. The molecule has 0 saturated heterocycles. The fourth-order valence-electron chi connectivity index (χ4n) is 1.53. The summed E-state index contributed by atoms with van der Waals surface area (Å²) in [5, 5.41) is 9.86. The molecule has 2 aromatic heterocycles. The molecule has 15 heavy (non-hydrogen) atoms. The molecule has 4 heteroatoms. The number of hydrogen-bond acceptors (Lipinski definition) is 3. The first-order valence-corrected chi connectivity index (χ1v) is 5.97. The summed E-state index contributed by atoms with van der Waals surface area (Å²) < 4.78 is 1.81. The molecule has 2 heterocycles. The number of nitrogens with one attached hydrogen (secondary N) is 1. The second-order valence-electron chi connectivity index (χ2n) is 3.50. The van der Waals surface area contributed by atoms with Crippen molar-refractivity contribution in [2.45, 2.75) is 19.4 Å². The molecule has 3 nitrogen and oxygen atoms in total. The number of rotatable bonds is 4. The van der Waals surface area contributed by atoms with Gasteiger partial charge in [-0.25, -0.2) is 0 Å². The Morgan fingerprint density at radius 1 is 1.53 bits per heavy atom. The number of aromatic nitrogens is 2. The van der Waals surface area contributed by atoms with Crippen molar-refractivity contribution in [2.24, 2.45) is 7.05 Å². The Morgan fingerprint density at radius 2 is 2.40 bits per heavy atom. The Hall–Kier alpha value is -1.29. The van der Waals surface area contributed by atoms with Gasteiger partial charge in [0.15, 0.2) is 0 Å². The van der Waals surface area contributed by atoms with E-state index in [0.29, 0.717) is 6.04 Å². The number of anilines is 1. The highest BCUT2D eigenvalue weighted by Crippen LogP contribution is 2.25. The van der Waals surface area contributed by atoms with Crippen LogP contribution in [0.15, 0.2) is 29.8 Å². The van der Waals surface area contributed by atoms with Crippen molar-refractivity contribution in [1.29, 1.82) is 0 Å². The van der Waals surface area contributed by atoms with Crippen LogP contribution in [-0.4, -0.2) is 9.78 Å². The van der Waals surface area contributed by atoms with E-state index in [0.717, 1.165) is 12.2 Å². The maximum Gasteiger partial charge on any atom is 0.148 e. The van der Waals surface area contributed by atoms with Crippen LogP contribution in [-0.2, 0) is 7.05 Å². The zero-order valence-electron chi connectivity index (χ0n) is 8.97. The van der Waals surface area contributed by atoms with E-state index in [1.54, 1.807) is 11.3 Å². The highest BCUT2D eigenvalue weighted by molar-refractivity contribution is 7.10. The predicted molar refractivity (Wildman–Crippen MR) is 64.2 cm³/mol. The molecule has 80 valence electrons. The fraction of sp³-hybridized carbons (Fsp3) is 0.364. The third-order valence-corrected chi connectivity index (χ3v) is 3.32. The smallest absolute Gasteiger partial charge is 0.148 e. The van der Waals surface area contributed by atoms with Gasteiger partial charge in [-0.3, -0.25) is 4.68 Å². The van der Waals surface area contributed by atoms with Gasteiger partial charge in [0, 0.05) is 24.2 Å². The standard InChI is InChI=1S/C11H15N3S/c1-3-9(10-5-4-8-15-10)12-11-6-7-14(2)13-11/h4-9H,3H2,1-2H3,(H,12,13). The van der Waals surface area contributed by atoms with Gasteiger partial charge in [0.25, 0.3) is 0 Å². The van der Waals surface area contributed by atoms with Gasteiger partial charge in [-0.15, -0.1) is 11.3 Å². The highest BCUT2D eigenvalue weighted by Gasteiger charge is 2.10. The van der Waals surface area contributed by atoms with Crippen LogP contribution in [0.5, 0.6) is 0 Å². The number of hydrogen-bond donors (Lipinski definition) is 1. The molecule has 2 aromatic rings. The largest absolute Gasteiger partial charge is 0.361 e. The van der Waals surface area contributed by atoms with Gasteiger partial charge < -0.3 is 5.32 Å². The average Bonchev–Trinajstić information content (AvgIpc) is 2.85. The second-order valence-corrected chi connectivity index (χ2v) is 4.47. The van der Waals surface area contributed by atoms with E-state index < -0.39 is 0 Å². The summed E-state index contributed by atoms with van der Waals surface area (Å²) in [6.07, 6.45) is 3.01. The van der Waals surface area contributed by atoms with Crippen molar-refractivity contribution < 1.29 is 0 Å². The lowest BCUT2D eigenvalue weighted by Crippen LogP contribution is -2.08. The number of thiophene rings is 1. The molecule has 0 bridgehead atoms. The van der Waals surface area contributed by atoms with E-state index in [1.807, 2.05) is 24.0 Å². The Kier molecular flexibility index (Phi) is 3.06. The van der Waals surface area contributed by atoms with Crippen LogP contribution < -0.4 is 5.32 Å². The summed E-state index contributed by atoms with van der Waals surface area (Å²) in [7, 11) is 1.93. The first-order valence-electron chi connectivity index (χ1n) is 5.09. The molecule has 0 aliphatic rings. The van der Waals surface area contributed by atoms with Crippen LogP contribution in [0.2, 0.25) is 0 Å². The SMILES string of the molecule is CCC(Nc1ccn(C)n1)c1cccs1. The van der Waals surface area contributed by atoms with Crippen molar-refractivity contribution >= 4 is 17.2 Å². The molecule has 1 atom stereocenters. The quantitative estimate of drug-likeness (QED) is 0.860. The van der Waals surface area contributed by atoms with Crippen molar-refractivity contribution in [3.05, 3.63) is 34.7 Å². The van der Waals surface area contributed by atoms with Gasteiger partial charge in [-0.2, -0.15) is 5.10 Å². The van der Waals surface area contributed by atoms with Crippen molar-refractivity contribution in [3.63, 3.8) is 0 Å². The molecule has 2 rings (SSSR count). The minimum Gasteiger partial charge on any atom is -0.361 e. The molecule has 0 saturated carbocycles. The normalized spacial score (nSPS) is 12.7. The van der Waals surface area contributed by atoms with E-state index in [4.69, 9.17) is 0 Å². The average molecular weight is 221 g/mol. The molecule has 0 spiro atoms. The molecular formula is C11H15N3S. The molecule has 0 aliphatic carbocycles. The first-order chi connectivity index (χ1) is 7.29. The van der Waals surface area contributed by atoms with E-state index in [2.05, 4.69) is 34.9 Å². The summed E-state index contributed by atoms with van der Waals surface area (Å²) in [4.78, 5) is 1.36. The van der Waals surface area contributed by atoms with Crippen LogP contribution in [0.4, 0.5) is 5.82 Å². The Bertz CT molecular complexity index is 405. The first kappa shape index (κ1) is 10.2. The molecular weight excluding hydrogens is 206 g/mol. The van der Waals surface area contributed by atoms with Gasteiger partial charge in [0.05, 0.1) is 6.04 Å². The summed E-state index contributed by atoms with van der Waals surface area (Å²) in [6, 6.07) is 6.62. The monoisotopic (exact) mass is 221 g/mol. The lowest BCUT2D eigenvalue weighted by atomic mass is 10.2. The van der Waals surface area contributed by atoms with Crippen LogP contribution in [0, 0.1) is 0 Å². The Morgan fingerprint density at radius 3 is 2.93 bits per heavy atom. The van der Waals surface area contributed by atoms with E-state index in [-0.39, 0.29) is 0 Å². The fourth-order valence-corrected chi connectivity index (χ4v) is 2.40. The minimum absolute atomic E-state index is 0.375. The van der Waals surface area contributed by atoms with E-state index >= 15 is 0 Å². The topological polar surface area (TPSA) is 29.9 Å². The summed E-state index contributed by atoms with van der Waals surface area (Å²) in [5.74, 6) is 0.942. The second kappa shape index (κ2) is 4.49. The molecule has 0 fully saturated rings. The van der Waals surface area contributed by atoms with Crippen LogP contribution >= 0.6 is 11.3 Å². The van der Waals surface area contributed by atoms with Crippen LogP contribution in [0.1, 0.15) is 24.3 Å². The van der Waals surface area contributed by atoms with Crippen LogP contribution in [0.25, 0.3) is 0 Å². The molecule has 1 unspecified atom stereocenters. The van der Waals surface area contributed by atoms with E-state index in [1.165, 1.54) is 4.88 Å². The summed E-state index contributed by atoms with van der Waals surface area (Å²) >= 11 is 1.78. The molecule has 0 aromatic carbocycles. The zero-order chi connectivity index (χ0) is 10.7. The summed E-state index contributed by atoms with van der Waals surface area (Å²) in [6.45, 7) is 2.18. The third-order valence-electron chi connectivity index (χ3n) is 2.33. The number of nitrogens with zero attached hydrogens (tertiary/aromatic N) is 2. The molecule has 0 amide bonds. The van der Waals surface area contributed by atoms with Crippen molar-refractivity contribution in [2.75, 3.05) is 5.32 Å². The highest BCUT2D eigenvalue weighted by atomic mass is 32.1. The lowest BCUT2D eigenvalue weighted by Gasteiger charge is -2.14. The van der Waals surface area contributed by atoms with Gasteiger partial charge in [0.1, 0.15) is 5.82 Å². The van der Waals surface area contributed by atoms with Gasteiger partial charge in [-0.1, -0.05) is 13.0 Å². The Balaban J connectivity index is 2.09. The molecule has 1 N–H and O–H groups in total.